The van der Waals surface area contributed by atoms with Crippen molar-refractivity contribution in [3.63, 3.8) is 0 Å². The van der Waals surface area contributed by atoms with Crippen molar-refractivity contribution in [2.75, 3.05) is 25.2 Å². The maximum atomic E-state index is 13.5. The molecule has 0 radical (unpaired) electrons. The number of ether oxygens (including phenoxy) is 3. The Morgan fingerprint density at radius 3 is 2.26 bits per heavy atom. The van der Waals surface area contributed by atoms with E-state index in [-0.39, 0.29) is 11.3 Å². The molecule has 1 unspecified atom stereocenters. The lowest BCUT2D eigenvalue weighted by atomic mass is 9.95. The van der Waals surface area contributed by atoms with E-state index in [4.69, 9.17) is 14.2 Å². The zero-order chi connectivity index (χ0) is 27.8. The molecule has 0 saturated carbocycles. The first kappa shape index (κ1) is 27.8. The van der Waals surface area contributed by atoms with Crippen molar-refractivity contribution in [1.82, 2.24) is 0 Å². The van der Waals surface area contributed by atoms with Crippen LogP contribution in [0.15, 0.2) is 78.4 Å². The van der Waals surface area contributed by atoms with Crippen LogP contribution in [0.3, 0.4) is 0 Å². The number of aliphatic hydroxyl groups is 1. The molecule has 0 bridgehead atoms. The molecule has 1 aliphatic rings. The molecule has 7 heteroatoms. The first-order valence-corrected chi connectivity index (χ1v) is 13.4. The Bertz CT molecular complexity index is 1330. The van der Waals surface area contributed by atoms with Crippen molar-refractivity contribution < 1.29 is 28.9 Å². The molecule has 4 rings (SSSR count). The van der Waals surface area contributed by atoms with Crippen LogP contribution in [0.25, 0.3) is 5.76 Å². The van der Waals surface area contributed by atoms with Gasteiger partial charge in [0.1, 0.15) is 23.0 Å². The molecule has 0 aliphatic carbocycles. The lowest BCUT2D eigenvalue weighted by Gasteiger charge is -2.26. The maximum Gasteiger partial charge on any atom is 0.300 e. The van der Waals surface area contributed by atoms with Crippen LogP contribution in [-0.4, -0.2) is 37.1 Å². The number of carbonyl (C=O) groups is 2. The number of Topliss-reactive ketones (excluding diaryl/α,β-unsaturated/α-hetero) is 1. The molecule has 1 atom stereocenters. The third-order valence-electron chi connectivity index (χ3n) is 6.57. The Labute approximate surface area is 229 Å². The number of amides is 1. The van der Waals surface area contributed by atoms with E-state index in [0.29, 0.717) is 47.3 Å². The summed E-state index contributed by atoms with van der Waals surface area (Å²) in [7, 11) is 1.54. The number of hydrogen-bond acceptors (Lipinski definition) is 6. The summed E-state index contributed by atoms with van der Waals surface area (Å²) < 4.78 is 17.0. The molecule has 1 aliphatic heterocycles. The number of unbranched alkanes of at least 4 members (excludes halogenated alkanes) is 2. The van der Waals surface area contributed by atoms with Crippen LogP contribution in [0.1, 0.15) is 56.7 Å². The minimum atomic E-state index is -0.868. The van der Waals surface area contributed by atoms with Crippen LogP contribution >= 0.6 is 0 Å². The van der Waals surface area contributed by atoms with Crippen LogP contribution in [0.4, 0.5) is 5.69 Å². The number of benzene rings is 3. The van der Waals surface area contributed by atoms with E-state index in [1.54, 1.807) is 54.6 Å². The van der Waals surface area contributed by atoms with Crippen molar-refractivity contribution in [3.05, 3.63) is 89.5 Å². The second kappa shape index (κ2) is 13.0. The van der Waals surface area contributed by atoms with Gasteiger partial charge < -0.3 is 19.3 Å². The van der Waals surface area contributed by atoms with Crippen LogP contribution in [0.5, 0.6) is 17.2 Å². The monoisotopic (exact) mass is 529 g/mol. The summed E-state index contributed by atoms with van der Waals surface area (Å²) in [4.78, 5) is 28.3. The normalized spacial score (nSPS) is 16.4. The average Bonchev–Trinajstić information content (AvgIpc) is 3.24. The van der Waals surface area contributed by atoms with E-state index in [1.807, 2.05) is 25.1 Å². The van der Waals surface area contributed by atoms with Crippen LogP contribution < -0.4 is 19.1 Å². The molecular weight excluding hydrogens is 494 g/mol. The van der Waals surface area contributed by atoms with Gasteiger partial charge in [-0.05, 0) is 66.9 Å². The van der Waals surface area contributed by atoms with Crippen molar-refractivity contribution in [3.8, 4) is 17.2 Å². The highest BCUT2D eigenvalue weighted by atomic mass is 16.5. The summed E-state index contributed by atoms with van der Waals surface area (Å²) in [5.74, 6) is 0.0986. The van der Waals surface area contributed by atoms with E-state index in [9.17, 15) is 14.7 Å². The van der Waals surface area contributed by atoms with Crippen LogP contribution in [-0.2, 0) is 9.59 Å². The molecule has 7 nitrogen and oxygen atoms in total. The molecule has 1 N–H and O–H groups in total. The molecule has 3 aromatic carbocycles. The predicted molar refractivity (Wildman–Crippen MR) is 151 cm³/mol. The fraction of sp³-hybridized carbons (Fsp3) is 0.312. The Balaban J connectivity index is 1.78. The van der Waals surface area contributed by atoms with Crippen molar-refractivity contribution in [2.45, 2.75) is 45.6 Å². The number of methoxy groups -OCH3 is 1. The molecule has 0 aromatic heterocycles. The molecule has 1 saturated heterocycles. The molecule has 0 spiro atoms. The standard InChI is InChI=1S/C32H35NO6/c1-4-6-7-19-39-25-16-14-22(15-17-25)30(34)28-29(23-10-8-13-27(20-23)38-18-5-2)33(32(36)31(28)35)24-11-9-12-26(21-24)37-3/h8-17,20-21,29,34H,4-7,18-19H2,1-3H3/b30-28+. The first-order chi connectivity index (χ1) is 19.0. The Morgan fingerprint density at radius 2 is 1.54 bits per heavy atom. The van der Waals surface area contributed by atoms with Crippen LogP contribution in [0.2, 0.25) is 0 Å². The molecule has 1 amide bonds. The van der Waals surface area contributed by atoms with Gasteiger partial charge in [0, 0.05) is 17.3 Å². The summed E-state index contributed by atoms with van der Waals surface area (Å²) in [5, 5.41) is 11.4. The van der Waals surface area contributed by atoms with E-state index >= 15 is 0 Å². The third kappa shape index (κ3) is 6.25. The second-order valence-corrected chi connectivity index (χ2v) is 9.37. The summed E-state index contributed by atoms with van der Waals surface area (Å²) in [5.41, 5.74) is 1.55. The maximum absolute atomic E-state index is 13.5. The molecule has 1 heterocycles. The Kier molecular flexibility index (Phi) is 9.26. The number of aliphatic hydroxyl groups excluding tert-OH is 1. The van der Waals surface area contributed by atoms with E-state index in [2.05, 4.69) is 6.92 Å². The summed E-state index contributed by atoms with van der Waals surface area (Å²) in [6.45, 7) is 5.30. The lowest BCUT2D eigenvalue weighted by Crippen LogP contribution is -2.29. The highest BCUT2D eigenvalue weighted by Crippen LogP contribution is 2.43. The van der Waals surface area contributed by atoms with E-state index in [1.165, 1.54) is 12.0 Å². The lowest BCUT2D eigenvalue weighted by molar-refractivity contribution is -0.132. The molecule has 1 fully saturated rings. The largest absolute Gasteiger partial charge is 0.507 e. The van der Waals surface area contributed by atoms with Gasteiger partial charge in [-0.25, -0.2) is 0 Å². The van der Waals surface area contributed by atoms with Gasteiger partial charge in [-0.3, -0.25) is 14.5 Å². The minimum Gasteiger partial charge on any atom is -0.507 e. The second-order valence-electron chi connectivity index (χ2n) is 9.37. The van der Waals surface area contributed by atoms with Gasteiger partial charge in [-0.1, -0.05) is 44.9 Å². The number of ketones is 1. The van der Waals surface area contributed by atoms with E-state index in [0.717, 1.165) is 25.7 Å². The first-order valence-electron chi connectivity index (χ1n) is 13.4. The zero-order valence-corrected chi connectivity index (χ0v) is 22.7. The zero-order valence-electron chi connectivity index (χ0n) is 22.7. The van der Waals surface area contributed by atoms with Gasteiger partial charge in [0.05, 0.1) is 31.9 Å². The highest BCUT2D eigenvalue weighted by molar-refractivity contribution is 6.51. The fourth-order valence-electron chi connectivity index (χ4n) is 4.58. The van der Waals surface area contributed by atoms with Gasteiger partial charge in [-0.15, -0.1) is 0 Å². The number of rotatable bonds is 12. The van der Waals surface area contributed by atoms with Gasteiger partial charge >= 0.3 is 0 Å². The molecule has 3 aromatic rings. The summed E-state index contributed by atoms with van der Waals surface area (Å²) >= 11 is 0. The SMILES string of the molecule is CCCCCOc1ccc(/C(O)=C2\C(=O)C(=O)N(c3cccc(OC)c3)C2c2cccc(OCCC)c2)cc1. The van der Waals surface area contributed by atoms with Crippen molar-refractivity contribution in [1.29, 1.82) is 0 Å². The molecule has 39 heavy (non-hydrogen) atoms. The number of anilines is 1. The average molecular weight is 530 g/mol. The summed E-state index contributed by atoms with van der Waals surface area (Å²) in [6.07, 6.45) is 4.01. The number of carbonyl (C=O) groups excluding carboxylic acids is 2. The van der Waals surface area contributed by atoms with Gasteiger partial charge in [0.15, 0.2) is 0 Å². The van der Waals surface area contributed by atoms with Gasteiger partial charge in [-0.2, -0.15) is 0 Å². The van der Waals surface area contributed by atoms with Crippen molar-refractivity contribution in [2.24, 2.45) is 0 Å². The van der Waals surface area contributed by atoms with Crippen LogP contribution in [0, 0.1) is 0 Å². The molecular formula is C32H35NO6. The predicted octanol–water partition coefficient (Wildman–Crippen LogP) is 6.68. The number of nitrogens with zero attached hydrogens (tertiary/aromatic N) is 1. The quantitative estimate of drug-likeness (QED) is 0.122. The third-order valence-corrected chi connectivity index (χ3v) is 6.57. The highest BCUT2D eigenvalue weighted by Gasteiger charge is 2.47. The van der Waals surface area contributed by atoms with Gasteiger partial charge in [0.25, 0.3) is 11.7 Å². The Morgan fingerprint density at radius 1 is 0.821 bits per heavy atom. The van der Waals surface area contributed by atoms with Crippen molar-refractivity contribution >= 4 is 23.1 Å². The van der Waals surface area contributed by atoms with Gasteiger partial charge in [0.2, 0.25) is 0 Å². The topological polar surface area (TPSA) is 85.3 Å². The fourth-order valence-corrected chi connectivity index (χ4v) is 4.58. The Hall–Kier alpha value is -4.26. The van der Waals surface area contributed by atoms with E-state index < -0.39 is 17.7 Å². The minimum absolute atomic E-state index is 0.00655. The summed E-state index contributed by atoms with van der Waals surface area (Å²) in [6, 6.07) is 20.3. The smallest absolute Gasteiger partial charge is 0.300 e. The molecule has 204 valence electrons. The number of hydrogen-bond donors (Lipinski definition) is 1.